The molecule has 0 aromatic heterocycles. The lowest BCUT2D eigenvalue weighted by Crippen LogP contribution is -2.42. The van der Waals surface area contributed by atoms with Crippen molar-refractivity contribution in [2.45, 2.75) is 38.2 Å². The maximum absolute atomic E-state index is 12.9. The Labute approximate surface area is 153 Å². The molecule has 148 valence electrons. The summed E-state index contributed by atoms with van der Waals surface area (Å²) in [6, 6.07) is 0.764. The Morgan fingerprint density at radius 3 is 2.04 bits per heavy atom. The van der Waals surface area contributed by atoms with Gasteiger partial charge < -0.3 is 10.2 Å². The van der Waals surface area contributed by atoms with Crippen LogP contribution in [0.5, 0.6) is 0 Å². The van der Waals surface area contributed by atoms with Crippen LogP contribution in [0.4, 0.5) is 26.3 Å². The minimum absolute atomic E-state index is 0. The van der Waals surface area contributed by atoms with Crippen LogP contribution in [0.3, 0.4) is 0 Å². The van der Waals surface area contributed by atoms with Crippen molar-refractivity contribution >= 4 is 18.3 Å². The van der Waals surface area contributed by atoms with E-state index in [2.05, 4.69) is 5.32 Å². The van der Waals surface area contributed by atoms with Gasteiger partial charge in [-0.3, -0.25) is 4.79 Å². The van der Waals surface area contributed by atoms with Gasteiger partial charge >= 0.3 is 12.4 Å². The smallest absolute Gasteiger partial charge is 0.334 e. The number of hydrogen-bond acceptors (Lipinski definition) is 2. The van der Waals surface area contributed by atoms with Crippen LogP contribution >= 0.6 is 12.4 Å². The molecular formula is C16H19ClF6N2O. The molecule has 1 aromatic rings. The lowest BCUT2D eigenvalue weighted by Gasteiger charge is -2.29. The van der Waals surface area contributed by atoms with Gasteiger partial charge in [-0.2, -0.15) is 26.3 Å². The SMILES string of the molecule is CCCN(C(=O)c1cc(C(F)(F)F)cc(C(F)(F)F)c1)C1CCNC1.Cl. The third kappa shape index (κ3) is 5.26. The van der Waals surface area contributed by atoms with Crippen LogP contribution in [0, 0.1) is 0 Å². The van der Waals surface area contributed by atoms with Crippen molar-refractivity contribution in [1.82, 2.24) is 10.2 Å². The van der Waals surface area contributed by atoms with Gasteiger partial charge in [-0.25, -0.2) is 0 Å². The summed E-state index contributed by atoms with van der Waals surface area (Å²) < 4.78 is 77.7. The fourth-order valence-electron chi connectivity index (χ4n) is 2.84. The van der Waals surface area contributed by atoms with Gasteiger partial charge in [0.15, 0.2) is 0 Å². The molecular weight excluding hydrogens is 386 g/mol. The first kappa shape index (κ1) is 22.6. The second kappa shape index (κ2) is 8.47. The second-order valence-corrected chi connectivity index (χ2v) is 5.94. The second-order valence-electron chi connectivity index (χ2n) is 5.94. The Morgan fingerprint density at radius 2 is 1.65 bits per heavy atom. The van der Waals surface area contributed by atoms with Crippen molar-refractivity contribution in [2.75, 3.05) is 19.6 Å². The quantitative estimate of drug-likeness (QED) is 0.756. The molecule has 2 rings (SSSR count). The highest BCUT2D eigenvalue weighted by Crippen LogP contribution is 2.36. The third-order valence-corrected chi connectivity index (χ3v) is 4.04. The summed E-state index contributed by atoms with van der Waals surface area (Å²) in [7, 11) is 0. The largest absolute Gasteiger partial charge is 0.416 e. The van der Waals surface area contributed by atoms with E-state index in [-0.39, 0.29) is 31.1 Å². The highest BCUT2D eigenvalue weighted by molar-refractivity contribution is 5.95. The standard InChI is InChI=1S/C16H18F6N2O.ClH/c1-2-5-24(13-3-4-23-9-13)14(25)10-6-11(15(17,18)19)8-12(7-10)16(20,21)22;/h6-8,13,23H,2-5,9H2,1H3;1H. The Bertz CT molecular complexity index is 594. The molecule has 0 saturated carbocycles. The van der Waals surface area contributed by atoms with Gasteiger partial charge in [0.2, 0.25) is 0 Å². The van der Waals surface area contributed by atoms with Crippen LogP contribution in [0.25, 0.3) is 0 Å². The van der Waals surface area contributed by atoms with Gasteiger partial charge in [0.1, 0.15) is 0 Å². The van der Waals surface area contributed by atoms with Gasteiger partial charge in [0.25, 0.3) is 5.91 Å². The molecule has 0 spiro atoms. The maximum Gasteiger partial charge on any atom is 0.416 e. The molecule has 26 heavy (non-hydrogen) atoms. The fraction of sp³-hybridized carbons (Fsp3) is 0.562. The number of amides is 1. The van der Waals surface area contributed by atoms with E-state index >= 15 is 0 Å². The van der Waals surface area contributed by atoms with Crippen molar-refractivity contribution < 1.29 is 31.1 Å². The van der Waals surface area contributed by atoms with Crippen LogP contribution < -0.4 is 5.32 Å². The van der Waals surface area contributed by atoms with Crippen molar-refractivity contribution in [3.8, 4) is 0 Å². The Morgan fingerprint density at radius 1 is 1.12 bits per heavy atom. The van der Waals surface area contributed by atoms with Crippen molar-refractivity contribution in [3.05, 3.63) is 34.9 Å². The molecule has 10 heteroatoms. The minimum Gasteiger partial charge on any atom is -0.334 e. The summed E-state index contributed by atoms with van der Waals surface area (Å²) in [5, 5.41) is 3.03. The van der Waals surface area contributed by atoms with Crippen LogP contribution in [0.1, 0.15) is 41.3 Å². The van der Waals surface area contributed by atoms with Crippen LogP contribution in [0.15, 0.2) is 18.2 Å². The van der Waals surface area contributed by atoms with E-state index in [0.29, 0.717) is 38.1 Å². The number of carbonyl (C=O) groups excluding carboxylic acids is 1. The predicted molar refractivity (Wildman–Crippen MR) is 86.3 cm³/mol. The topological polar surface area (TPSA) is 32.3 Å². The number of nitrogens with one attached hydrogen (secondary N) is 1. The molecule has 0 bridgehead atoms. The number of hydrogen-bond donors (Lipinski definition) is 1. The van der Waals surface area contributed by atoms with Gasteiger partial charge in [-0.15, -0.1) is 12.4 Å². The molecule has 0 aliphatic carbocycles. The molecule has 1 N–H and O–H groups in total. The molecule has 1 amide bonds. The highest BCUT2D eigenvalue weighted by Gasteiger charge is 2.38. The molecule has 1 saturated heterocycles. The first-order valence-corrected chi connectivity index (χ1v) is 7.85. The number of rotatable bonds is 4. The molecule has 1 fully saturated rings. The van der Waals surface area contributed by atoms with E-state index < -0.39 is 35.0 Å². The van der Waals surface area contributed by atoms with Gasteiger partial charge in [-0.05, 0) is 37.6 Å². The van der Waals surface area contributed by atoms with E-state index in [1.807, 2.05) is 0 Å². The van der Waals surface area contributed by atoms with Crippen molar-refractivity contribution in [2.24, 2.45) is 0 Å². The Hall–Kier alpha value is -1.48. The lowest BCUT2D eigenvalue weighted by molar-refractivity contribution is -0.143. The zero-order chi connectivity index (χ0) is 18.8. The predicted octanol–water partition coefficient (Wildman–Crippen LogP) is 4.36. The average Bonchev–Trinajstić information content (AvgIpc) is 3.04. The molecule has 1 unspecified atom stereocenters. The fourth-order valence-corrected chi connectivity index (χ4v) is 2.84. The van der Waals surface area contributed by atoms with Gasteiger partial charge in [-0.1, -0.05) is 6.92 Å². The van der Waals surface area contributed by atoms with Crippen LogP contribution in [-0.4, -0.2) is 36.5 Å². The van der Waals surface area contributed by atoms with E-state index in [0.717, 1.165) is 0 Å². The van der Waals surface area contributed by atoms with Crippen molar-refractivity contribution in [3.63, 3.8) is 0 Å². The van der Waals surface area contributed by atoms with E-state index in [4.69, 9.17) is 0 Å². The number of benzene rings is 1. The normalized spacial score (nSPS) is 17.7. The summed E-state index contributed by atoms with van der Waals surface area (Å²) in [6.45, 7) is 3.17. The number of nitrogens with zero attached hydrogens (tertiary/aromatic N) is 1. The molecule has 3 nitrogen and oxygen atoms in total. The zero-order valence-electron chi connectivity index (χ0n) is 13.9. The minimum atomic E-state index is -4.97. The first-order chi connectivity index (χ1) is 11.5. The number of carbonyl (C=O) groups is 1. The summed E-state index contributed by atoms with van der Waals surface area (Å²) in [5.41, 5.74) is -3.55. The van der Waals surface area contributed by atoms with Gasteiger partial charge in [0, 0.05) is 24.7 Å². The van der Waals surface area contributed by atoms with E-state index in [9.17, 15) is 31.1 Å². The molecule has 1 aliphatic heterocycles. The third-order valence-electron chi connectivity index (χ3n) is 4.04. The number of halogens is 7. The Balaban J connectivity index is 0.00000338. The Kier molecular flexibility index (Phi) is 7.35. The van der Waals surface area contributed by atoms with Crippen LogP contribution in [0.2, 0.25) is 0 Å². The molecule has 1 aromatic carbocycles. The maximum atomic E-state index is 12.9. The molecule has 1 atom stereocenters. The summed E-state index contributed by atoms with van der Waals surface area (Å²) in [4.78, 5) is 14.0. The monoisotopic (exact) mass is 404 g/mol. The average molecular weight is 405 g/mol. The van der Waals surface area contributed by atoms with E-state index in [1.54, 1.807) is 6.92 Å². The lowest BCUT2D eigenvalue weighted by atomic mass is 10.0. The van der Waals surface area contributed by atoms with Gasteiger partial charge in [0.05, 0.1) is 11.1 Å². The summed E-state index contributed by atoms with van der Waals surface area (Å²) in [5.74, 6) is -0.813. The highest BCUT2D eigenvalue weighted by atomic mass is 35.5. The summed E-state index contributed by atoms with van der Waals surface area (Å²) >= 11 is 0. The molecule has 1 aliphatic rings. The summed E-state index contributed by atoms with van der Waals surface area (Å²) in [6.07, 6.45) is -8.79. The van der Waals surface area contributed by atoms with Crippen LogP contribution in [-0.2, 0) is 12.4 Å². The number of alkyl halides is 6. The van der Waals surface area contributed by atoms with E-state index in [1.165, 1.54) is 4.90 Å². The molecule has 0 radical (unpaired) electrons. The van der Waals surface area contributed by atoms with Crippen molar-refractivity contribution in [1.29, 1.82) is 0 Å². The first-order valence-electron chi connectivity index (χ1n) is 7.85. The molecule has 1 heterocycles. The zero-order valence-corrected chi connectivity index (χ0v) is 14.7.